The summed E-state index contributed by atoms with van der Waals surface area (Å²) >= 11 is 0. The molecule has 8 heteroatoms. The topological polar surface area (TPSA) is 127 Å². The normalized spacial score (nSPS) is 14.2. The summed E-state index contributed by atoms with van der Waals surface area (Å²) in [5.41, 5.74) is 15.3. The smallest absolute Gasteiger partial charge is 0.126 e. The van der Waals surface area contributed by atoms with Gasteiger partial charge in [0.15, 0.2) is 0 Å². The van der Waals surface area contributed by atoms with Crippen LogP contribution in [-0.2, 0) is 6.42 Å². The summed E-state index contributed by atoms with van der Waals surface area (Å²) in [4.78, 5) is 0. The van der Waals surface area contributed by atoms with Gasteiger partial charge < -0.3 is 21.7 Å². The number of aromatic nitrogens is 4. The number of aliphatic hydroxyl groups excluding tert-OH is 2. The van der Waals surface area contributed by atoms with Crippen molar-refractivity contribution in [3.05, 3.63) is 60.2 Å². The summed E-state index contributed by atoms with van der Waals surface area (Å²) < 4.78 is 3.23. The Balaban J connectivity index is 1.65. The van der Waals surface area contributed by atoms with Crippen LogP contribution >= 0.6 is 0 Å². The van der Waals surface area contributed by atoms with Gasteiger partial charge in [0, 0.05) is 18.3 Å². The molecule has 2 unspecified atom stereocenters. The van der Waals surface area contributed by atoms with E-state index in [2.05, 4.69) is 10.2 Å². The Morgan fingerprint density at radius 2 is 1.84 bits per heavy atom. The van der Waals surface area contributed by atoms with E-state index in [0.29, 0.717) is 16.9 Å². The van der Waals surface area contributed by atoms with Gasteiger partial charge in [-0.25, -0.2) is 9.03 Å². The minimum Gasteiger partial charge on any atom is -0.396 e. The molecule has 6 N–H and O–H groups in total. The number of anilines is 2. The summed E-state index contributed by atoms with van der Waals surface area (Å²) in [6.45, 7) is 0. The SMILES string of the molecule is Nc1c(C(O)C(O)Cc2cccc3c(N)cnn23)nn2ccccc12. The quantitative estimate of drug-likeness (QED) is 0.435. The van der Waals surface area contributed by atoms with Crippen molar-refractivity contribution in [2.75, 3.05) is 11.5 Å². The lowest BCUT2D eigenvalue weighted by molar-refractivity contribution is 0.0158. The zero-order valence-corrected chi connectivity index (χ0v) is 13.3. The van der Waals surface area contributed by atoms with Crippen LogP contribution in [0.15, 0.2) is 48.8 Å². The van der Waals surface area contributed by atoms with Crippen molar-refractivity contribution in [2.45, 2.75) is 18.6 Å². The summed E-state index contributed by atoms with van der Waals surface area (Å²) in [7, 11) is 0. The van der Waals surface area contributed by atoms with Crippen LogP contribution in [0.3, 0.4) is 0 Å². The molecule has 128 valence electrons. The van der Waals surface area contributed by atoms with Gasteiger partial charge in [-0.05, 0) is 24.3 Å². The Hall–Kier alpha value is -3.10. The Kier molecular flexibility index (Phi) is 3.56. The largest absolute Gasteiger partial charge is 0.396 e. The number of pyridine rings is 2. The molecule has 4 rings (SSSR count). The van der Waals surface area contributed by atoms with Gasteiger partial charge in [0.25, 0.3) is 0 Å². The van der Waals surface area contributed by atoms with Crippen LogP contribution < -0.4 is 11.5 Å². The van der Waals surface area contributed by atoms with E-state index in [1.807, 2.05) is 30.3 Å². The van der Waals surface area contributed by atoms with E-state index in [1.165, 1.54) is 0 Å². The predicted molar refractivity (Wildman–Crippen MR) is 93.9 cm³/mol. The number of fused-ring (bicyclic) bond motifs is 2. The second-order valence-corrected chi connectivity index (χ2v) is 5.96. The molecule has 0 aliphatic rings. The molecular weight excluding hydrogens is 320 g/mol. The number of nitrogen functional groups attached to an aromatic ring is 2. The fraction of sp³-hybridized carbons (Fsp3) is 0.176. The van der Waals surface area contributed by atoms with Crippen molar-refractivity contribution in [1.29, 1.82) is 0 Å². The van der Waals surface area contributed by atoms with Crippen molar-refractivity contribution >= 4 is 22.4 Å². The predicted octanol–water partition coefficient (Wildman–Crippen LogP) is 0.783. The number of hydrogen-bond donors (Lipinski definition) is 4. The van der Waals surface area contributed by atoms with Gasteiger partial charge in [-0.2, -0.15) is 10.2 Å². The molecule has 0 bridgehead atoms. The van der Waals surface area contributed by atoms with Crippen molar-refractivity contribution in [3.63, 3.8) is 0 Å². The van der Waals surface area contributed by atoms with Gasteiger partial charge in [-0.1, -0.05) is 12.1 Å². The van der Waals surface area contributed by atoms with Gasteiger partial charge in [-0.3, -0.25) is 0 Å². The lowest BCUT2D eigenvalue weighted by atomic mass is 10.0. The molecule has 0 spiro atoms. The van der Waals surface area contributed by atoms with E-state index in [4.69, 9.17) is 11.5 Å². The Bertz CT molecular complexity index is 1050. The Morgan fingerprint density at radius 1 is 1.04 bits per heavy atom. The first kappa shape index (κ1) is 15.4. The molecule has 4 aromatic rings. The van der Waals surface area contributed by atoms with E-state index in [-0.39, 0.29) is 12.1 Å². The maximum atomic E-state index is 10.5. The molecule has 0 saturated heterocycles. The third kappa shape index (κ3) is 2.48. The highest BCUT2D eigenvalue weighted by Gasteiger charge is 2.26. The monoisotopic (exact) mass is 338 g/mol. The van der Waals surface area contributed by atoms with Crippen LogP contribution in [0.5, 0.6) is 0 Å². The second kappa shape index (κ2) is 5.76. The van der Waals surface area contributed by atoms with Gasteiger partial charge in [0.2, 0.25) is 0 Å². The van der Waals surface area contributed by atoms with Crippen LogP contribution in [0.2, 0.25) is 0 Å². The highest BCUT2D eigenvalue weighted by atomic mass is 16.3. The zero-order chi connectivity index (χ0) is 17.6. The molecule has 0 fully saturated rings. The highest BCUT2D eigenvalue weighted by molar-refractivity contribution is 5.72. The summed E-state index contributed by atoms with van der Waals surface area (Å²) in [5.74, 6) is 0. The second-order valence-electron chi connectivity index (χ2n) is 5.96. The minimum absolute atomic E-state index is 0.174. The molecule has 0 radical (unpaired) electrons. The Morgan fingerprint density at radius 3 is 2.64 bits per heavy atom. The van der Waals surface area contributed by atoms with E-state index in [1.54, 1.807) is 27.5 Å². The number of nitrogens with two attached hydrogens (primary N) is 2. The van der Waals surface area contributed by atoms with Crippen LogP contribution in [-0.4, -0.2) is 35.5 Å². The first-order valence-corrected chi connectivity index (χ1v) is 7.86. The first-order chi connectivity index (χ1) is 12.1. The Labute approximate surface area is 142 Å². The van der Waals surface area contributed by atoms with E-state index < -0.39 is 12.2 Å². The molecule has 0 amide bonds. The zero-order valence-electron chi connectivity index (χ0n) is 13.3. The van der Waals surface area contributed by atoms with E-state index >= 15 is 0 Å². The number of rotatable bonds is 4. The highest BCUT2D eigenvalue weighted by Crippen LogP contribution is 2.27. The fourth-order valence-electron chi connectivity index (χ4n) is 3.00. The van der Waals surface area contributed by atoms with Crippen LogP contribution in [0.1, 0.15) is 17.5 Å². The van der Waals surface area contributed by atoms with Gasteiger partial charge >= 0.3 is 0 Å². The molecule has 2 atom stereocenters. The van der Waals surface area contributed by atoms with Crippen LogP contribution in [0.4, 0.5) is 11.4 Å². The molecule has 0 aromatic carbocycles. The summed E-state index contributed by atoms with van der Waals surface area (Å²) in [6.07, 6.45) is 1.15. The first-order valence-electron chi connectivity index (χ1n) is 7.86. The average molecular weight is 338 g/mol. The minimum atomic E-state index is -1.22. The molecule has 0 saturated carbocycles. The van der Waals surface area contributed by atoms with E-state index in [0.717, 1.165) is 11.2 Å². The molecule has 25 heavy (non-hydrogen) atoms. The van der Waals surface area contributed by atoms with Gasteiger partial charge in [-0.15, -0.1) is 0 Å². The molecule has 8 nitrogen and oxygen atoms in total. The molecule has 0 aliphatic carbocycles. The molecule has 0 aliphatic heterocycles. The summed E-state index contributed by atoms with van der Waals surface area (Å²) in [5, 5.41) is 29.6. The molecular formula is C17H18N6O2. The average Bonchev–Trinajstić information content (AvgIpc) is 3.16. The number of hydrogen-bond acceptors (Lipinski definition) is 6. The fourth-order valence-corrected chi connectivity index (χ4v) is 3.00. The van der Waals surface area contributed by atoms with Crippen molar-refractivity contribution in [2.24, 2.45) is 0 Å². The maximum Gasteiger partial charge on any atom is 0.126 e. The number of aliphatic hydroxyl groups is 2. The molecule has 4 aromatic heterocycles. The molecule has 4 heterocycles. The van der Waals surface area contributed by atoms with Crippen LogP contribution in [0, 0.1) is 0 Å². The van der Waals surface area contributed by atoms with Crippen molar-refractivity contribution in [3.8, 4) is 0 Å². The standard InChI is InChI=1S/C17H18N6O2/c18-11-9-20-23-10(4-3-6-12(11)23)8-14(24)17(25)16-15(19)13-5-1-2-7-22(13)21-16/h1-7,9,14,17,24-25H,8,18-19H2. The van der Waals surface area contributed by atoms with E-state index in [9.17, 15) is 10.2 Å². The summed E-state index contributed by atoms with van der Waals surface area (Å²) in [6, 6.07) is 11.0. The third-order valence-electron chi connectivity index (χ3n) is 4.32. The lowest BCUT2D eigenvalue weighted by Gasteiger charge is -2.17. The third-order valence-corrected chi connectivity index (χ3v) is 4.32. The van der Waals surface area contributed by atoms with Gasteiger partial charge in [0.1, 0.15) is 11.8 Å². The maximum absolute atomic E-state index is 10.5. The van der Waals surface area contributed by atoms with Crippen molar-refractivity contribution < 1.29 is 10.2 Å². The van der Waals surface area contributed by atoms with Crippen molar-refractivity contribution in [1.82, 2.24) is 19.2 Å². The number of nitrogens with zero attached hydrogens (tertiary/aromatic N) is 4. The van der Waals surface area contributed by atoms with Crippen LogP contribution in [0.25, 0.3) is 11.0 Å². The lowest BCUT2D eigenvalue weighted by Crippen LogP contribution is -2.23. The van der Waals surface area contributed by atoms with Gasteiger partial charge in [0.05, 0.1) is 34.7 Å².